The Hall–Kier alpha value is -1.69. The van der Waals surface area contributed by atoms with Crippen LogP contribution in [0.5, 0.6) is 0 Å². The molecule has 25 heavy (non-hydrogen) atoms. The number of amides is 1. The lowest BCUT2D eigenvalue weighted by atomic mass is 9.97. The second-order valence-electron chi connectivity index (χ2n) is 7.23. The zero-order chi connectivity index (χ0) is 17.3. The van der Waals surface area contributed by atoms with Gasteiger partial charge in [-0.3, -0.25) is 4.79 Å². The van der Waals surface area contributed by atoms with E-state index in [1.807, 2.05) is 6.07 Å². The van der Waals surface area contributed by atoms with Gasteiger partial charge in [0.25, 0.3) is 0 Å². The average molecular weight is 345 g/mol. The molecule has 0 radical (unpaired) electrons. The van der Waals surface area contributed by atoms with Gasteiger partial charge in [-0.15, -0.1) is 0 Å². The van der Waals surface area contributed by atoms with E-state index in [1.165, 1.54) is 38.8 Å². The minimum Gasteiger partial charge on any atom is -0.356 e. The largest absolute Gasteiger partial charge is 0.356 e. The SMILES string of the molecule is O=C(NCCCN1CCCCCC1)C1CCCN(c2ncccn2)C1. The maximum atomic E-state index is 12.5. The molecule has 2 aliphatic rings. The molecule has 6 heteroatoms. The second kappa shape index (κ2) is 9.70. The van der Waals surface area contributed by atoms with Gasteiger partial charge < -0.3 is 15.1 Å². The summed E-state index contributed by atoms with van der Waals surface area (Å²) in [6.45, 7) is 6.00. The van der Waals surface area contributed by atoms with E-state index >= 15 is 0 Å². The summed E-state index contributed by atoms with van der Waals surface area (Å²) in [6.07, 6.45) is 11.9. The van der Waals surface area contributed by atoms with Crippen molar-refractivity contribution in [1.29, 1.82) is 0 Å². The fraction of sp³-hybridized carbons (Fsp3) is 0.737. The molecule has 6 nitrogen and oxygen atoms in total. The van der Waals surface area contributed by atoms with Gasteiger partial charge in [-0.25, -0.2) is 9.97 Å². The number of piperidine rings is 1. The van der Waals surface area contributed by atoms with E-state index in [-0.39, 0.29) is 11.8 Å². The lowest BCUT2D eigenvalue weighted by Crippen LogP contribution is -2.44. The number of carbonyl (C=O) groups is 1. The predicted octanol–water partition coefficient (Wildman–Crippen LogP) is 2.08. The fourth-order valence-corrected chi connectivity index (χ4v) is 3.85. The quantitative estimate of drug-likeness (QED) is 0.800. The maximum absolute atomic E-state index is 12.5. The lowest BCUT2D eigenvalue weighted by molar-refractivity contribution is -0.125. The van der Waals surface area contributed by atoms with E-state index in [9.17, 15) is 4.79 Å². The summed E-state index contributed by atoms with van der Waals surface area (Å²) in [5.74, 6) is 0.980. The summed E-state index contributed by atoms with van der Waals surface area (Å²) in [4.78, 5) is 25.8. The molecule has 0 spiro atoms. The molecule has 138 valence electrons. The van der Waals surface area contributed by atoms with Crippen molar-refractivity contribution >= 4 is 11.9 Å². The molecular formula is C19H31N5O. The third-order valence-electron chi connectivity index (χ3n) is 5.28. The van der Waals surface area contributed by atoms with Gasteiger partial charge in [-0.1, -0.05) is 12.8 Å². The number of hydrogen-bond acceptors (Lipinski definition) is 5. The molecular weight excluding hydrogens is 314 g/mol. The Bertz CT molecular complexity index is 516. The van der Waals surface area contributed by atoms with Crippen molar-refractivity contribution in [3.8, 4) is 0 Å². The Morgan fingerprint density at radius 2 is 1.84 bits per heavy atom. The minimum absolute atomic E-state index is 0.0516. The van der Waals surface area contributed by atoms with Gasteiger partial charge in [-0.2, -0.15) is 0 Å². The zero-order valence-electron chi connectivity index (χ0n) is 15.2. The summed E-state index contributed by atoms with van der Waals surface area (Å²) in [7, 11) is 0. The summed E-state index contributed by atoms with van der Waals surface area (Å²) < 4.78 is 0. The van der Waals surface area contributed by atoms with E-state index in [4.69, 9.17) is 0 Å². The van der Waals surface area contributed by atoms with Crippen molar-refractivity contribution in [2.45, 2.75) is 44.9 Å². The van der Waals surface area contributed by atoms with Crippen LogP contribution in [0.1, 0.15) is 44.9 Å². The summed E-state index contributed by atoms with van der Waals surface area (Å²) in [6, 6.07) is 1.82. The van der Waals surface area contributed by atoms with Gasteiger partial charge in [0, 0.05) is 32.0 Å². The average Bonchev–Trinajstić information content (AvgIpc) is 2.95. The summed E-state index contributed by atoms with van der Waals surface area (Å²) >= 11 is 0. The Labute approximate surface area is 151 Å². The topological polar surface area (TPSA) is 61.4 Å². The van der Waals surface area contributed by atoms with Crippen LogP contribution in [-0.4, -0.2) is 60.0 Å². The van der Waals surface area contributed by atoms with Gasteiger partial charge >= 0.3 is 0 Å². The molecule has 1 atom stereocenters. The molecule has 2 fully saturated rings. The van der Waals surface area contributed by atoms with Crippen LogP contribution in [0.4, 0.5) is 5.95 Å². The van der Waals surface area contributed by atoms with E-state index in [2.05, 4.69) is 25.1 Å². The number of likely N-dealkylation sites (tertiary alicyclic amines) is 1. The minimum atomic E-state index is 0.0516. The highest BCUT2D eigenvalue weighted by Gasteiger charge is 2.26. The molecule has 0 aliphatic carbocycles. The first-order chi connectivity index (χ1) is 12.3. The molecule has 1 aromatic rings. The van der Waals surface area contributed by atoms with Crippen molar-refractivity contribution in [2.24, 2.45) is 5.92 Å². The monoisotopic (exact) mass is 345 g/mol. The predicted molar refractivity (Wildman–Crippen MR) is 99.5 cm³/mol. The van der Waals surface area contributed by atoms with Crippen LogP contribution in [0, 0.1) is 5.92 Å². The van der Waals surface area contributed by atoms with Crippen LogP contribution in [0.25, 0.3) is 0 Å². The number of anilines is 1. The lowest BCUT2D eigenvalue weighted by Gasteiger charge is -2.32. The van der Waals surface area contributed by atoms with Gasteiger partial charge in [0.2, 0.25) is 11.9 Å². The van der Waals surface area contributed by atoms with Crippen LogP contribution >= 0.6 is 0 Å². The van der Waals surface area contributed by atoms with E-state index in [1.54, 1.807) is 12.4 Å². The Morgan fingerprint density at radius 3 is 2.60 bits per heavy atom. The first-order valence-corrected chi connectivity index (χ1v) is 9.85. The van der Waals surface area contributed by atoms with Crippen LogP contribution in [-0.2, 0) is 4.79 Å². The number of rotatable bonds is 6. The Kier molecular flexibility index (Phi) is 7.03. The first-order valence-electron chi connectivity index (χ1n) is 9.85. The standard InChI is InChI=1S/C19H31N5O/c25-18(20-11-7-14-23-12-3-1-2-4-13-23)17-8-5-15-24(16-17)19-21-9-6-10-22-19/h6,9-10,17H,1-5,7-8,11-16H2,(H,20,25). The maximum Gasteiger partial charge on any atom is 0.225 e. The van der Waals surface area contributed by atoms with E-state index < -0.39 is 0 Å². The molecule has 2 aliphatic heterocycles. The molecule has 0 aromatic carbocycles. The first kappa shape index (κ1) is 18.1. The zero-order valence-corrected chi connectivity index (χ0v) is 15.2. The Morgan fingerprint density at radius 1 is 1.08 bits per heavy atom. The highest BCUT2D eigenvalue weighted by Crippen LogP contribution is 2.20. The van der Waals surface area contributed by atoms with Gasteiger partial charge in [0.15, 0.2) is 0 Å². The number of nitrogens with zero attached hydrogens (tertiary/aromatic N) is 4. The summed E-state index contributed by atoms with van der Waals surface area (Å²) in [5.41, 5.74) is 0. The van der Waals surface area contributed by atoms with Crippen LogP contribution < -0.4 is 10.2 Å². The van der Waals surface area contributed by atoms with Gasteiger partial charge in [0.05, 0.1) is 5.92 Å². The molecule has 0 bridgehead atoms. The highest BCUT2D eigenvalue weighted by atomic mass is 16.1. The normalized spacial score (nSPS) is 22.4. The molecule has 1 unspecified atom stereocenters. The third-order valence-corrected chi connectivity index (χ3v) is 5.28. The molecule has 1 N–H and O–H groups in total. The fourth-order valence-electron chi connectivity index (χ4n) is 3.85. The third kappa shape index (κ3) is 5.66. The van der Waals surface area contributed by atoms with E-state index in [0.717, 1.165) is 51.4 Å². The number of aromatic nitrogens is 2. The molecule has 2 saturated heterocycles. The van der Waals surface area contributed by atoms with E-state index in [0.29, 0.717) is 0 Å². The van der Waals surface area contributed by atoms with Gasteiger partial charge in [0.1, 0.15) is 0 Å². The van der Waals surface area contributed by atoms with Crippen molar-refractivity contribution in [1.82, 2.24) is 20.2 Å². The smallest absolute Gasteiger partial charge is 0.225 e. The highest BCUT2D eigenvalue weighted by molar-refractivity contribution is 5.79. The van der Waals surface area contributed by atoms with Gasteiger partial charge in [-0.05, 0) is 57.8 Å². The van der Waals surface area contributed by atoms with Crippen LogP contribution in [0.2, 0.25) is 0 Å². The van der Waals surface area contributed by atoms with Crippen molar-refractivity contribution in [2.75, 3.05) is 44.2 Å². The van der Waals surface area contributed by atoms with Crippen molar-refractivity contribution < 1.29 is 4.79 Å². The van der Waals surface area contributed by atoms with Crippen molar-refractivity contribution in [3.05, 3.63) is 18.5 Å². The molecule has 3 rings (SSSR count). The van der Waals surface area contributed by atoms with Crippen LogP contribution in [0.3, 0.4) is 0 Å². The second-order valence-corrected chi connectivity index (χ2v) is 7.23. The van der Waals surface area contributed by atoms with Crippen LogP contribution in [0.15, 0.2) is 18.5 Å². The summed E-state index contributed by atoms with van der Waals surface area (Å²) in [5, 5.41) is 3.15. The number of hydrogen-bond donors (Lipinski definition) is 1. The number of carbonyl (C=O) groups excluding carboxylic acids is 1. The molecule has 0 saturated carbocycles. The van der Waals surface area contributed by atoms with Crippen molar-refractivity contribution in [3.63, 3.8) is 0 Å². The molecule has 3 heterocycles. The molecule has 1 amide bonds. The number of nitrogens with one attached hydrogen (secondary N) is 1. The Balaban J connectivity index is 1.37. The molecule has 1 aromatic heterocycles.